The van der Waals surface area contributed by atoms with Crippen LogP contribution < -0.4 is 9.64 Å². The van der Waals surface area contributed by atoms with Gasteiger partial charge in [-0.15, -0.1) is 0 Å². The fourth-order valence-corrected chi connectivity index (χ4v) is 7.47. The summed E-state index contributed by atoms with van der Waals surface area (Å²) in [7, 11) is 1.56. The highest BCUT2D eigenvalue weighted by molar-refractivity contribution is 6.36. The van der Waals surface area contributed by atoms with Crippen molar-refractivity contribution in [3.8, 4) is 5.75 Å². The molecule has 1 unspecified atom stereocenters. The van der Waals surface area contributed by atoms with Crippen LogP contribution in [0.25, 0.3) is 6.08 Å². The summed E-state index contributed by atoms with van der Waals surface area (Å²) in [5, 5.41) is 0.710. The largest absolute Gasteiger partial charge is 0.497 e. The predicted octanol–water partition coefficient (Wildman–Crippen LogP) is 7.32. The molecule has 1 fully saturated rings. The number of hydrogen-bond donors (Lipinski definition) is 0. The number of ketones is 3. The lowest BCUT2D eigenvalue weighted by atomic mass is 9.64. The predicted molar refractivity (Wildman–Crippen MR) is 160 cm³/mol. The second-order valence-corrected chi connectivity index (χ2v) is 11.4. The van der Waals surface area contributed by atoms with E-state index >= 15 is 0 Å². The van der Waals surface area contributed by atoms with Crippen molar-refractivity contribution in [3.05, 3.63) is 135 Å². The van der Waals surface area contributed by atoms with Crippen LogP contribution in [0.3, 0.4) is 0 Å². The maximum atomic E-state index is 14.7. The summed E-state index contributed by atoms with van der Waals surface area (Å²) >= 11 is 13.2. The topological polar surface area (TPSA) is 63.7 Å². The first kappa shape index (κ1) is 25.8. The molecule has 1 aliphatic carbocycles. The van der Waals surface area contributed by atoms with Crippen LogP contribution in [-0.2, 0) is 0 Å². The van der Waals surface area contributed by atoms with Gasteiger partial charge in [0.15, 0.2) is 17.3 Å². The minimum atomic E-state index is -1.63. The van der Waals surface area contributed by atoms with E-state index in [4.69, 9.17) is 27.9 Å². The quantitative estimate of drug-likeness (QED) is 0.187. The fraction of sp³-hybridized carbons (Fsp3) is 0.147. The molecule has 0 radical (unpaired) electrons. The van der Waals surface area contributed by atoms with E-state index in [-0.39, 0.29) is 17.3 Å². The zero-order valence-electron chi connectivity index (χ0n) is 21.9. The highest BCUT2D eigenvalue weighted by Crippen LogP contribution is 2.61. The SMILES string of the molecule is COc1ccc(C(=O)[C@@H]2[C@@H](c3ccc(Cl)cc3Cl)C3(C(=O)c4ccccc4C3=O)C3C=Cc4ccccc4N32)cc1. The van der Waals surface area contributed by atoms with Crippen LogP contribution >= 0.6 is 23.2 Å². The third-order valence-corrected chi connectivity index (χ3v) is 9.22. The van der Waals surface area contributed by atoms with Crippen molar-refractivity contribution in [2.45, 2.75) is 18.0 Å². The Kier molecular flexibility index (Phi) is 5.93. The van der Waals surface area contributed by atoms with Crippen LogP contribution in [-0.4, -0.2) is 36.5 Å². The summed E-state index contributed by atoms with van der Waals surface area (Å²) in [6.45, 7) is 0. The molecule has 7 heteroatoms. The zero-order chi connectivity index (χ0) is 28.5. The average Bonchev–Trinajstić information content (AvgIpc) is 3.43. The smallest absolute Gasteiger partial charge is 0.185 e. The van der Waals surface area contributed by atoms with Gasteiger partial charge in [-0.1, -0.05) is 83.9 Å². The highest BCUT2D eigenvalue weighted by atomic mass is 35.5. The first-order chi connectivity index (χ1) is 19.9. The molecule has 0 N–H and O–H groups in total. The van der Waals surface area contributed by atoms with Crippen LogP contribution in [0.1, 0.15) is 48.1 Å². The number of rotatable bonds is 4. The van der Waals surface area contributed by atoms with Crippen LogP contribution in [0.2, 0.25) is 10.0 Å². The lowest BCUT2D eigenvalue weighted by molar-refractivity contribution is 0.0666. The number of ether oxygens (including phenoxy) is 1. The van der Waals surface area contributed by atoms with E-state index in [1.165, 1.54) is 0 Å². The summed E-state index contributed by atoms with van der Waals surface area (Å²) in [6, 6.07) is 24.8. The van der Waals surface area contributed by atoms with Gasteiger partial charge in [0.1, 0.15) is 17.2 Å². The Labute approximate surface area is 247 Å². The van der Waals surface area contributed by atoms with Gasteiger partial charge in [-0.25, -0.2) is 0 Å². The molecular weight excluding hydrogens is 557 g/mol. The maximum Gasteiger partial charge on any atom is 0.185 e. The number of anilines is 1. The van der Waals surface area contributed by atoms with E-state index in [2.05, 4.69) is 0 Å². The Hall–Kier alpha value is -4.19. The molecular formula is C34H23Cl2NO4. The molecule has 41 heavy (non-hydrogen) atoms. The highest BCUT2D eigenvalue weighted by Gasteiger charge is 2.71. The first-order valence-electron chi connectivity index (χ1n) is 13.3. The summed E-state index contributed by atoms with van der Waals surface area (Å²) in [5.41, 5.74) is 1.72. The minimum Gasteiger partial charge on any atom is -0.497 e. The van der Waals surface area contributed by atoms with Crippen LogP contribution in [0, 0.1) is 5.41 Å². The molecule has 202 valence electrons. The summed E-state index contributed by atoms with van der Waals surface area (Å²) in [6.07, 6.45) is 3.82. The number of hydrogen-bond acceptors (Lipinski definition) is 5. The van der Waals surface area contributed by atoms with Crippen molar-refractivity contribution >= 4 is 52.3 Å². The number of methoxy groups -OCH3 is 1. The van der Waals surface area contributed by atoms with Gasteiger partial charge in [0.2, 0.25) is 0 Å². The van der Waals surface area contributed by atoms with E-state index < -0.39 is 23.4 Å². The molecule has 0 bridgehead atoms. The van der Waals surface area contributed by atoms with Crippen LogP contribution in [0.4, 0.5) is 5.69 Å². The van der Waals surface area contributed by atoms with Gasteiger partial charge in [0.25, 0.3) is 0 Å². The molecule has 1 saturated heterocycles. The van der Waals surface area contributed by atoms with Gasteiger partial charge in [-0.05, 0) is 53.6 Å². The molecule has 4 aromatic rings. The van der Waals surface area contributed by atoms with Gasteiger partial charge in [-0.3, -0.25) is 14.4 Å². The van der Waals surface area contributed by atoms with Crippen molar-refractivity contribution < 1.29 is 19.1 Å². The summed E-state index contributed by atoms with van der Waals surface area (Å²) < 4.78 is 5.31. The molecule has 3 atom stereocenters. The monoisotopic (exact) mass is 579 g/mol. The second-order valence-electron chi connectivity index (χ2n) is 10.5. The Morgan fingerprint density at radius 2 is 1.51 bits per heavy atom. The van der Waals surface area contributed by atoms with E-state index in [9.17, 15) is 14.4 Å². The van der Waals surface area contributed by atoms with E-state index in [1.54, 1.807) is 73.8 Å². The Bertz CT molecular complexity index is 1760. The lowest BCUT2D eigenvalue weighted by Crippen LogP contribution is -2.48. The molecule has 0 saturated carbocycles. The van der Waals surface area contributed by atoms with Gasteiger partial charge < -0.3 is 9.64 Å². The number of halogens is 2. The summed E-state index contributed by atoms with van der Waals surface area (Å²) in [5.74, 6) is -1.14. The number of nitrogens with zero attached hydrogens (tertiary/aromatic N) is 1. The number of fused-ring (bicyclic) bond motifs is 5. The number of carbonyl (C=O) groups is 3. The van der Waals surface area contributed by atoms with E-state index in [0.717, 1.165) is 11.3 Å². The molecule has 0 aromatic heterocycles. The molecule has 4 aromatic carbocycles. The third kappa shape index (κ3) is 3.52. The van der Waals surface area contributed by atoms with Crippen LogP contribution in [0.15, 0.2) is 97.1 Å². The van der Waals surface area contributed by atoms with Crippen molar-refractivity contribution in [2.24, 2.45) is 5.41 Å². The Balaban J connectivity index is 1.55. The van der Waals surface area contributed by atoms with Crippen LogP contribution in [0.5, 0.6) is 5.75 Å². The van der Waals surface area contributed by atoms with Crippen molar-refractivity contribution in [2.75, 3.05) is 12.0 Å². The lowest BCUT2D eigenvalue weighted by Gasteiger charge is -2.37. The second kappa shape index (κ2) is 9.44. The maximum absolute atomic E-state index is 14.7. The van der Waals surface area contributed by atoms with E-state index in [1.807, 2.05) is 41.3 Å². The average molecular weight is 580 g/mol. The van der Waals surface area contributed by atoms with Crippen molar-refractivity contribution in [3.63, 3.8) is 0 Å². The number of para-hydroxylation sites is 1. The van der Waals surface area contributed by atoms with Crippen molar-refractivity contribution in [1.82, 2.24) is 0 Å². The first-order valence-corrected chi connectivity index (χ1v) is 14.0. The molecule has 7 rings (SSSR count). The third-order valence-electron chi connectivity index (χ3n) is 8.65. The normalized spacial score (nSPS) is 21.5. The van der Waals surface area contributed by atoms with Gasteiger partial charge >= 0.3 is 0 Å². The molecule has 2 aliphatic heterocycles. The fourth-order valence-electron chi connectivity index (χ4n) is 6.94. The number of Topliss-reactive ketones (excluding diaryl/α,β-unsaturated/α-hetero) is 3. The Morgan fingerprint density at radius 3 is 2.17 bits per heavy atom. The van der Waals surface area contributed by atoms with Crippen molar-refractivity contribution in [1.29, 1.82) is 0 Å². The number of carbonyl (C=O) groups excluding carboxylic acids is 3. The summed E-state index contributed by atoms with van der Waals surface area (Å²) in [4.78, 5) is 46.0. The minimum absolute atomic E-state index is 0.229. The van der Waals surface area contributed by atoms with E-state index in [0.29, 0.717) is 38.0 Å². The standard InChI is InChI=1S/C34H23Cl2NO4/c1-41-22-14-10-20(11-15-22)31(38)30-29(25-16-13-21(35)18-26(25)36)34(32(39)23-7-3-4-8-24(23)33(34)40)28-17-12-19-6-2-5-9-27(19)37(28)30/h2-18,28-30H,1H3/t28?,29-,30+/m1/s1. The zero-order valence-corrected chi connectivity index (χ0v) is 23.4. The molecule has 0 amide bonds. The Morgan fingerprint density at radius 1 is 0.854 bits per heavy atom. The molecule has 2 heterocycles. The number of benzene rings is 4. The van der Waals surface area contributed by atoms with Gasteiger partial charge in [-0.2, -0.15) is 0 Å². The van der Waals surface area contributed by atoms with Gasteiger partial charge in [0, 0.05) is 38.3 Å². The molecule has 3 aliphatic rings. The van der Waals surface area contributed by atoms with Gasteiger partial charge in [0.05, 0.1) is 13.2 Å². The molecule has 5 nitrogen and oxygen atoms in total. The molecule has 1 spiro atoms.